The number of alkyl halides is 1. The van der Waals surface area contributed by atoms with Crippen LogP contribution < -0.4 is 4.90 Å². The molecule has 0 N–H and O–H groups in total. The van der Waals surface area contributed by atoms with E-state index in [0.717, 1.165) is 33.2 Å². The summed E-state index contributed by atoms with van der Waals surface area (Å²) in [5.74, 6) is 0.964. The van der Waals surface area contributed by atoms with Crippen molar-refractivity contribution in [2.75, 3.05) is 16.8 Å². The molecule has 0 spiro atoms. The highest BCUT2D eigenvalue weighted by atomic mass is 79.9. The topological polar surface area (TPSA) is 16.1 Å². The normalized spacial score (nSPS) is 10.5. The molecular formula is C14H13Br3N2. The standard InChI is InChI=1S/C14H13Br3N2/c15-6-7-19(10-11-4-2-1-3-5-11)14-13(17)8-12(16)9-18-14/h1-5,8-9H,6-7,10H2. The van der Waals surface area contributed by atoms with E-state index in [2.05, 4.69) is 81.9 Å². The second kappa shape index (κ2) is 7.41. The molecule has 0 aliphatic rings. The average Bonchev–Trinajstić information content (AvgIpc) is 2.39. The molecule has 1 aromatic heterocycles. The number of anilines is 1. The third-order valence-corrected chi connectivity index (χ3v) is 4.03. The van der Waals surface area contributed by atoms with Gasteiger partial charge >= 0.3 is 0 Å². The SMILES string of the molecule is BrCCN(Cc1ccccc1)c1ncc(Br)cc1Br. The van der Waals surface area contributed by atoms with Crippen molar-refractivity contribution in [2.45, 2.75) is 6.54 Å². The van der Waals surface area contributed by atoms with Crippen LogP contribution in [-0.4, -0.2) is 16.9 Å². The molecule has 0 saturated carbocycles. The summed E-state index contributed by atoms with van der Waals surface area (Å²) in [5.41, 5.74) is 1.28. The summed E-state index contributed by atoms with van der Waals surface area (Å²) in [6, 6.07) is 12.4. The number of halogens is 3. The molecule has 0 saturated heterocycles. The van der Waals surface area contributed by atoms with Gasteiger partial charge in [0, 0.05) is 29.1 Å². The summed E-state index contributed by atoms with van der Waals surface area (Å²) in [5, 5.41) is 0.907. The number of aromatic nitrogens is 1. The van der Waals surface area contributed by atoms with Crippen LogP contribution in [0.4, 0.5) is 5.82 Å². The van der Waals surface area contributed by atoms with Crippen LogP contribution in [0.15, 0.2) is 51.5 Å². The molecule has 2 rings (SSSR count). The third kappa shape index (κ3) is 4.29. The molecule has 0 atom stereocenters. The molecule has 0 radical (unpaired) electrons. The van der Waals surface area contributed by atoms with E-state index >= 15 is 0 Å². The van der Waals surface area contributed by atoms with Crippen molar-refractivity contribution in [3.63, 3.8) is 0 Å². The van der Waals surface area contributed by atoms with E-state index in [4.69, 9.17) is 0 Å². The molecular weight excluding hydrogens is 436 g/mol. The van der Waals surface area contributed by atoms with Crippen molar-refractivity contribution in [1.82, 2.24) is 4.98 Å². The van der Waals surface area contributed by atoms with E-state index in [9.17, 15) is 0 Å². The number of nitrogens with zero attached hydrogens (tertiary/aromatic N) is 2. The van der Waals surface area contributed by atoms with Gasteiger partial charge in [-0.25, -0.2) is 4.98 Å². The Morgan fingerprint density at radius 1 is 1.11 bits per heavy atom. The van der Waals surface area contributed by atoms with Gasteiger partial charge in [0.1, 0.15) is 5.82 Å². The minimum absolute atomic E-state index is 0.847. The number of hydrogen-bond donors (Lipinski definition) is 0. The van der Waals surface area contributed by atoms with Gasteiger partial charge < -0.3 is 4.90 Å². The van der Waals surface area contributed by atoms with Crippen LogP contribution in [0.1, 0.15) is 5.56 Å². The Hall–Kier alpha value is -0.390. The lowest BCUT2D eigenvalue weighted by Gasteiger charge is -2.24. The highest BCUT2D eigenvalue weighted by molar-refractivity contribution is 9.11. The molecule has 2 nitrogen and oxygen atoms in total. The zero-order valence-electron chi connectivity index (χ0n) is 10.2. The first-order valence-electron chi connectivity index (χ1n) is 5.86. The molecule has 2 aromatic rings. The van der Waals surface area contributed by atoms with Gasteiger partial charge in [0.2, 0.25) is 0 Å². The number of rotatable bonds is 5. The van der Waals surface area contributed by atoms with Crippen LogP contribution in [0.5, 0.6) is 0 Å². The van der Waals surface area contributed by atoms with Crippen molar-refractivity contribution in [2.24, 2.45) is 0 Å². The van der Waals surface area contributed by atoms with Crippen LogP contribution in [0.25, 0.3) is 0 Å². The summed E-state index contributed by atoms with van der Waals surface area (Å²) < 4.78 is 1.97. The average molecular weight is 449 g/mol. The molecule has 0 amide bonds. The summed E-state index contributed by atoms with van der Waals surface area (Å²) >= 11 is 10.5. The van der Waals surface area contributed by atoms with Crippen molar-refractivity contribution in [3.05, 3.63) is 57.1 Å². The first-order chi connectivity index (χ1) is 9.20. The Morgan fingerprint density at radius 3 is 2.47 bits per heavy atom. The van der Waals surface area contributed by atoms with Crippen LogP contribution in [-0.2, 0) is 6.54 Å². The minimum Gasteiger partial charge on any atom is -0.351 e. The fourth-order valence-corrected chi connectivity index (χ4v) is 3.47. The minimum atomic E-state index is 0.847. The first-order valence-corrected chi connectivity index (χ1v) is 8.57. The van der Waals surface area contributed by atoms with Crippen LogP contribution in [0.2, 0.25) is 0 Å². The fraction of sp³-hybridized carbons (Fsp3) is 0.214. The lowest BCUT2D eigenvalue weighted by molar-refractivity contribution is 0.818. The largest absolute Gasteiger partial charge is 0.351 e. The van der Waals surface area contributed by atoms with Gasteiger partial charge in [-0.3, -0.25) is 0 Å². The van der Waals surface area contributed by atoms with E-state index in [0.29, 0.717) is 0 Å². The maximum absolute atomic E-state index is 4.50. The highest BCUT2D eigenvalue weighted by Crippen LogP contribution is 2.27. The number of pyridine rings is 1. The maximum Gasteiger partial charge on any atom is 0.143 e. The van der Waals surface area contributed by atoms with Crippen LogP contribution in [0.3, 0.4) is 0 Å². The predicted molar refractivity (Wildman–Crippen MR) is 90.9 cm³/mol. The second-order valence-electron chi connectivity index (χ2n) is 4.06. The summed E-state index contributed by atoms with van der Waals surface area (Å²) in [7, 11) is 0. The summed E-state index contributed by atoms with van der Waals surface area (Å²) in [6.07, 6.45) is 1.83. The van der Waals surface area contributed by atoms with E-state index in [1.54, 1.807) is 0 Å². The van der Waals surface area contributed by atoms with Gasteiger partial charge in [-0.15, -0.1) is 0 Å². The highest BCUT2D eigenvalue weighted by Gasteiger charge is 2.12. The Labute approximate surface area is 138 Å². The monoisotopic (exact) mass is 446 g/mol. The van der Waals surface area contributed by atoms with Crippen LogP contribution in [0, 0.1) is 0 Å². The van der Waals surface area contributed by atoms with Crippen molar-refractivity contribution < 1.29 is 0 Å². The molecule has 0 bridgehead atoms. The van der Waals surface area contributed by atoms with Gasteiger partial charge in [0.25, 0.3) is 0 Å². The molecule has 0 aliphatic carbocycles. The quantitative estimate of drug-likeness (QED) is 0.598. The van der Waals surface area contributed by atoms with Gasteiger partial charge in [-0.05, 0) is 43.5 Å². The number of benzene rings is 1. The van der Waals surface area contributed by atoms with Gasteiger partial charge in [-0.2, -0.15) is 0 Å². The molecule has 1 heterocycles. The Balaban J connectivity index is 2.24. The van der Waals surface area contributed by atoms with Crippen molar-refractivity contribution in [1.29, 1.82) is 0 Å². The van der Waals surface area contributed by atoms with Crippen molar-refractivity contribution in [3.8, 4) is 0 Å². The molecule has 5 heteroatoms. The van der Waals surface area contributed by atoms with Gasteiger partial charge in [0.05, 0.1) is 4.47 Å². The van der Waals surface area contributed by atoms with Crippen molar-refractivity contribution >= 4 is 53.6 Å². The zero-order valence-corrected chi connectivity index (χ0v) is 14.9. The smallest absolute Gasteiger partial charge is 0.143 e. The summed E-state index contributed by atoms with van der Waals surface area (Å²) in [6.45, 7) is 1.75. The van der Waals surface area contributed by atoms with E-state index in [-0.39, 0.29) is 0 Å². The van der Waals surface area contributed by atoms with E-state index < -0.39 is 0 Å². The third-order valence-electron chi connectivity index (χ3n) is 2.66. The Morgan fingerprint density at radius 2 is 1.84 bits per heavy atom. The molecule has 100 valence electrons. The number of hydrogen-bond acceptors (Lipinski definition) is 2. The Bertz CT molecular complexity index is 531. The fourth-order valence-electron chi connectivity index (χ4n) is 1.81. The lowest BCUT2D eigenvalue weighted by atomic mass is 10.2. The maximum atomic E-state index is 4.50. The molecule has 0 aliphatic heterocycles. The van der Waals surface area contributed by atoms with Gasteiger partial charge in [0.15, 0.2) is 0 Å². The summed E-state index contributed by atoms with van der Waals surface area (Å²) in [4.78, 5) is 6.75. The Kier molecular flexibility index (Phi) is 5.85. The van der Waals surface area contributed by atoms with Crippen LogP contribution >= 0.6 is 47.8 Å². The predicted octanol–water partition coefficient (Wildman–Crippen LogP) is 5.01. The molecule has 1 aromatic carbocycles. The lowest BCUT2D eigenvalue weighted by Crippen LogP contribution is -2.26. The zero-order chi connectivity index (χ0) is 13.7. The van der Waals surface area contributed by atoms with E-state index in [1.807, 2.05) is 18.3 Å². The van der Waals surface area contributed by atoms with Gasteiger partial charge in [-0.1, -0.05) is 46.3 Å². The first kappa shape index (κ1) is 15.0. The molecule has 0 fully saturated rings. The molecule has 19 heavy (non-hydrogen) atoms. The molecule has 0 unspecified atom stereocenters. The second-order valence-corrected chi connectivity index (χ2v) is 6.62. The van der Waals surface area contributed by atoms with E-state index in [1.165, 1.54) is 5.56 Å².